The molecule has 1 atom stereocenters. The highest BCUT2D eigenvalue weighted by Gasteiger charge is 2.27. The molecule has 0 aliphatic rings. The Balaban J connectivity index is 4.11. The summed E-state index contributed by atoms with van der Waals surface area (Å²) in [6, 6.07) is 0. The van der Waals surface area contributed by atoms with Gasteiger partial charge in [0.25, 0.3) is 6.43 Å². The summed E-state index contributed by atoms with van der Waals surface area (Å²) < 4.78 is 42.0. The van der Waals surface area contributed by atoms with Crippen molar-refractivity contribution in [3.63, 3.8) is 0 Å². The largest absolute Gasteiger partial charge is 0.469 e. The monoisotopic (exact) mass is 234 g/mol. The zero-order valence-electron chi connectivity index (χ0n) is 7.09. The Kier molecular flexibility index (Phi) is 5.14. The van der Waals surface area contributed by atoms with Gasteiger partial charge in [0.15, 0.2) is 6.10 Å². The molecule has 14 heavy (non-hydrogen) atoms. The van der Waals surface area contributed by atoms with E-state index in [9.17, 15) is 18.1 Å². The number of hydrogen-bond donors (Lipinski definition) is 2. The van der Waals surface area contributed by atoms with Crippen molar-refractivity contribution in [1.82, 2.24) is 0 Å². The maximum absolute atomic E-state index is 12.0. The lowest BCUT2D eigenvalue weighted by atomic mass is 10.4. The number of phosphoric ester groups is 1. The second-order valence-electron chi connectivity index (χ2n) is 2.27. The van der Waals surface area contributed by atoms with Crippen LogP contribution >= 0.6 is 7.82 Å². The van der Waals surface area contributed by atoms with Gasteiger partial charge in [0, 0.05) is 6.92 Å². The van der Waals surface area contributed by atoms with Gasteiger partial charge in [0.2, 0.25) is 0 Å². The van der Waals surface area contributed by atoms with E-state index in [4.69, 9.17) is 9.79 Å². The van der Waals surface area contributed by atoms with Crippen molar-refractivity contribution in [1.29, 1.82) is 0 Å². The van der Waals surface area contributed by atoms with E-state index in [1.54, 1.807) is 0 Å². The third-order valence-electron chi connectivity index (χ3n) is 1.01. The smallest absolute Gasteiger partial charge is 0.454 e. The molecule has 0 spiro atoms. The van der Waals surface area contributed by atoms with E-state index in [1.165, 1.54) is 0 Å². The molecule has 0 rings (SSSR count). The maximum Gasteiger partial charge on any atom is 0.469 e. The Morgan fingerprint density at radius 2 is 2.00 bits per heavy atom. The van der Waals surface area contributed by atoms with E-state index >= 15 is 0 Å². The lowest BCUT2D eigenvalue weighted by Gasteiger charge is -2.15. The van der Waals surface area contributed by atoms with Crippen LogP contribution in [0.3, 0.4) is 0 Å². The van der Waals surface area contributed by atoms with E-state index in [0.29, 0.717) is 0 Å². The van der Waals surface area contributed by atoms with Crippen LogP contribution < -0.4 is 0 Å². The Morgan fingerprint density at radius 3 is 2.29 bits per heavy atom. The average molecular weight is 234 g/mol. The molecule has 0 saturated heterocycles. The highest BCUT2D eigenvalue weighted by Crippen LogP contribution is 2.36. The van der Waals surface area contributed by atoms with Crippen molar-refractivity contribution in [2.24, 2.45) is 0 Å². The number of rotatable bonds is 5. The standard InChI is InChI=1S/C5H9F2O6P/c1-3(8)13-4(5(6)7)2-12-14(9,10)11/h4-5H,2H2,1H3,(H2,9,10,11). The SMILES string of the molecule is CC(=O)OC(COP(=O)(O)O)C(F)F. The number of halogens is 2. The molecule has 0 saturated carbocycles. The Labute approximate surface area is 78.1 Å². The van der Waals surface area contributed by atoms with Gasteiger partial charge in [-0.3, -0.25) is 9.32 Å². The summed E-state index contributed by atoms with van der Waals surface area (Å²) in [5.41, 5.74) is 0. The first-order chi connectivity index (χ1) is 6.22. The number of carbonyl (C=O) groups is 1. The van der Waals surface area contributed by atoms with Gasteiger partial charge in [-0.2, -0.15) is 0 Å². The van der Waals surface area contributed by atoms with Crippen molar-refractivity contribution >= 4 is 13.8 Å². The summed E-state index contributed by atoms with van der Waals surface area (Å²) >= 11 is 0. The first-order valence-corrected chi connectivity index (χ1v) is 4.91. The minimum absolute atomic E-state index is 0.896. The molecule has 0 fully saturated rings. The summed E-state index contributed by atoms with van der Waals surface area (Å²) in [6.45, 7) is -0.158. The number of phosphoric acid groups is 1. The van der Waals surface area contributed by atoms with Crippen molar-refractivity contribution < 1.29 is 37.2 Å². The Bertz CT molecular complexity index is 238. The maximum atomic E-state index is 12.0. The van der Waals surface area contributed by atoms with E-state index < -0.39 is 32.9 Å². The molecule has 0 aliphatic carbocycles. The topological polar surface area (TPSA) is 93.1 Å². The van der Waals surface area contributed by atoms with E-state index in [2.05, 4.69) is 9.26 Å². The molecular weight excluding hydrogens is 225 g/mol. The summed E-state index contributed by atoms with van der Waals surface area (Å²) in [5.74, 6) is -0.982. The molecule has 0 amide bonds. The van der Waals surface area contributed by atoms with Crippen LogP contribution in [-0.2, 0) is 18.6 Å². The fourth-order valence-corrected chi connectivity index (χ4v) is 0.883. The molecule has 0 radical (unpaired) electrons. The molecule has 2 N–H and O–H groups in total. The van der Waals surface area contributed by atoms with E-state index in [0.717, 1.165) is 6.92 Å². The molecule has 0 aromatic carbocycles. The van der Waals surface area contributed by atoms with Gasteiger partial charge in [0.1, 0.15) is 6.61 Å². The second-order valence-corrected chi connectivity index (χ2v) is 3.51. The molecular formula is C5H9F2O6P. The van der Waals surface area contributed by atoms with Gasteiger partial charge < -0.3 is 14.5 Å². The Hall–Kier alpha value is -0.560. The lowest BCUT2D eigenvalue weighted by Crippen LogP contribution is -2.29. The van der Waals surface area contributed by atoms with Crippen molar-refractivity contribution in [2.45, 2.75) is 19.5 Å². The third kappa shape index (κ3) is 6.90. The number of alkyl halides is 2. The fourth-order valence-electron chi connectivity index (χ4n) is 0.542. The summed E-state index contributed by atoms with van der Waals surface area (Å²) in [4.78, 5) is 26.6. The minimum atomic E-state index is -4.83. The number of hydrogen-bond acceptors (Lipinski definition) is 4. The second kappa shape index (κ2) is 5.35. The highest BCUT2D eigenvalue weighted by atomic mass is 31.2. The first-order valence-electron chi connectivity index (χ1n) is 3.38. The highest BCUT2D eigenvalue weighted by molar-refractivity contribution is 7.46. The molecule has 84 valence electrons. The van der Waals surface area contributed by atoms with Crippen LogP contribution in [0.25, 0.3) is 0 Å². The number of esters is 1. The zero-order valence-corrected chi connectivity index (χ0v) is 7.99. The van der Waals surface area contributed by atoms with E-state index in [1.807, 2.05) is 0 Å². The molecule has 0 aromatic heterocycles. The fraction of sp³-hybridized carbons (Fsp3) is 0.800. The summed E-state index contributed by atoms with van der Waals surface area (Å²) in [7, 11) is -4.83. The minimum Gasteiger partial charge on any atom is -0.454 e. The van der Waals surface area contributed by atoms with Crippen LogP contribution in [0.15, 0.2) is 0 Å². The molecule has 1 unspecified atom stereocenters. The number of carbonyl (C=O) groups excluding carboxylic acids is 1. The lowest BCUT2D eigenvalue weighted by molar-refractivity contribution is -0.157. The van der Waals surface area contributed by atoms with Crippen LogP contribution in [0.4, 0.5) is 8.78 Å². The molecule has 6 nitrogen and oxygen atoms in total. The van der Waals surface area contributed by atoms with Gasteiger partial charge in [-0.05, 0) is 0 Å². The molecule has 0 heterocycles. The van der Waals surface area contributed by atoms with Crippen LogP contribution in [0, 0.1) is 0 Å². The van der Waals surface area contributed by atoms with Gasteiger partial charge in [-0.1, -0.05) is 0 Å². The zero-order chi connectivity index (χ0) is 11.4. The predicted octanol–water partition coefficient (Wildman–Crippen LogP) is 0.292. The van der Waals surface area contributed by atoms with Crippen LogP contribution in [0.1, 0.15) is 6.92 Å². The molecule has 0 aromatic rings. The number of ether oxygens (including phenoxy) is 1. The summed E-state index contributed by atoms with van der Waals surface area (Å²) in [6.07, 6.45) is -5.04. The van der Waals surface area contributed by atoms with Gasteiger partial charge in [-0.25, -0.2) is 13.3 Å². The van der Waals surface area contributed by atoms with Crippen LogP contribution in [0.5, 0.6) is 0 Å². The van der Waals surface area contributed by atoms with Gasteiger partial charge in [-0.15, -0.1) is 0 Å². The predicted molar refractivity (Wildman–Crippen MR) is 39.6 cm³/mol. The normalized spacial score (nSPS) is 14.1. The molecule has 9 heteroatoms. The average Bonchev–Trinajstić information content (AvgIpc) is 1.94. The molecule has 0 bridgehead atoms. The van der Waals surface area contributed by atoms with Crippen molar-refractivity contribution in [3.8, 4) is 0 Å². The van der Waals surface area contributed by atoms with Crippen LogP contribution in [-0.4, -0.2) is 34.9 Å². The van der Waals surface area contributed by atoms with Crippen LogP contribution in [0.2, 0.25) is 0 Å². The van der Waals surface area contributed by atoms with Gasteiger partial charge >= 0.3 is 13.8 Å². The summed E-state index contributed by atoms with van der Waals surface area (Å²) in [5, 5.41) is 0. The molecule has 0 aliphatic heterocycles. The van der Waals surface area contributed by atoms with Gasteiger partial charge in [0.05, 0.1) is 0 Å². The quantitative estimate of drug-likeness (QED) is 0.524. The van der Waals surface area contributed by atoms with Crippen molar-refractivity contribution in [2.75, 3.05) is 6.61 Å². The van der Waals surface area contributed by atoms with Crippen molar-refractivity contribution in [3.05, 3.63) is 0 Å². The first kappa shape index (κ1) is 13.4. The van der Waals surface area contributed by atoms with E-state index in [-0.39, 0.29) is 0 Å². The Morgan fingerprint density at radius 1 is 1.50 bits per heavy atom. The third-order valence-corrected chi connectivity index (χ3v) is 1.49.